The number of nitrogens with one attached hydrogen (secondary N) is 1. The van der Waals surface area contributed by atoms with Gasteiger partial charge in [0.1, 0.15) is 0 Å². The molecule has 0 unspecified atom stereocenters. The number of hydrogen-bond acceptors (Lipinski definition) is 5. The fourth-order valence-electron chi connectivity index (χ4n) is 0.954. The van der Waals surface area contributed by atoms with Gasteiger partial charge in [0.05, 0.1) is 6.61 Å². The van der Waals surface area contributed by atoms with Gasteiger partial charge in [0, 0.05) is 0 Å². The lowest BCUT2D eigenvalue weighted by Crippen LogP contribution is -2.09. The van der Waals surface area contributed by atoms with Gasteiger partial charge in [-0.15, -0.1) is 0 Å². The lowest BCUT2D eigenvalue weighted by atomic mass is 10.3. The number of esters is 1. The van der Waals surface area contributed by atoms with Crippen molar-refractivity contribution in [1.82, 2.24) is 9.97 Å². The number of nitrogens with zero attached hydrogens (tertiary/aromatic N) is 2. The maximum Gasteiger partial charge on any atom is 0.365 e. The van der Waals surface area contributed by atoms with E-state index in [1.165, 1.54) is 0 Å². The van der Waals surface area contributed by atoms with Gasteiger partial charge >= 0.3 is 11.8 Å². The summed E-state index contributed by atoms with van der Waals surface area (Å²) in [6.45, 7) is 2.20. The number of nitro groups is 1. The lowest BCUT2D eigenvalue weighted by Gasteiger charge is -2.00. The van der Waals surface area contributed by atoms with Crippen molar-refractivity contribution in [2.45, 2.75) is 19.8 Å². The van der Waals surface area contributed by atoms with E-state index in [2.05, 4.69) is 9.97 Å². The van der Waals surface area contributed by atoms with Crippen LogP contribution in [0.4, 0.5) is 5.82 Å². The van der Waals surface area contributed by atoms with Crippen LogP contribution in [0.15, 0.2) is 6.33 Å². The summed E-state index contributed by atoms with van der Waals surface area (Å²) in [5.41, 5.74) is -0.281. The van der Waals surface area contributed by atoms with Crippen molar-refractivity contribution in [3.05, 3.63) is 22.1 Å². The first-order valence-electron chi connectivity index (χ1n) is 4.51. The highest BCUT2D eigenvalue weighted by Gasteiger charge is 2.23. The summed E-state index contributed by atoms with van der Waals surface area (Å²) in [6, 6.07) is 0. The van der Waals surface area contributed by atoms with E-state index in [4.69, 9.17) is 4.74 Å². The van der Waals surface area contributed by atoms with Crippen molar-refractivity contribution in [2.24, 2.45) is 0 Å². The summed E-state index contributed by atoms with van der Waals surface area (Å²) >= 11 is 0. The van der Waals surface area contributed by atoms with Crippen LogP contribution in [0.2, 0.25) is 0 Å². The van der Waals surface area contributed by atoms with Crippen molar-refractivity contribution in [2.75, 3.05) is 6.61 Å². The Balaban J connectivity index is 2.65. The minimum Gasteiger partial charge on any atom is -0.461 e. The highest BCUT2D eigenvalue weighted by atomic mass is 16.6. The summed E-state index contributed by atoms with van der Waals surface area (Å²) < 4.78 is 4.79. The number of carbonyl (C=O) groups excluding carboxylic acids is 1. The maximum atomic E-state index is 11.3. The molecule has 0 aliphatic rings. The Kier molecular flexibility index (Phi) is 3.78. The van der Waals surface area contributed by atoms with E-state index in [1.54, 1.807) is 0 Å². The molecule has 0 saturated carbocycles. The first-order valence-corrected chi connectivity index (χ1v) is 4.51. The molecule has 82 valence electrons. The van der Waals surface area contributed by atoms with Crippen LogP contribution in [0, 0.1) is 10.1 Å². The second-order valence-corrected chi connectivity index (χ2v) is 2.85. The Hall–Kier alpha value is -1.92. The van der Waals surface area contributed by atoms with E-state index in [9.17, 15) is 14.9 Å². The molecule has 0 aromatic carbocycles. The van der Waals surface area contributed by atoms with Gasteiger partial charge in [-0.1, -0.05) is 13.3 Å². The van der Waals surface area contributed by atoms with Gasteiger partial charge in [0.2, 0.25) is 5.69 Å². The number of carbonyl (C=O) groups is 1. The SMILES string of the molecule is CCCCOC(=O)c1nc[nH]c1[N+](=O)[O-]. The van der Waals surface area contributed by atoms with Gasteiger partial charge in [-0.05, 0) is 11.3 Å². The van der Waals surface area contributed by atoms with Gasteiger partial charge in [0.25, 0.3) is 0 Å². The van der Waals surface area contributed by atoms with Crippen molar-refractivity contribution < 1.29 is 14.5 Å². The normalized spacial score (nSPS) is 9.93. The molecule has 1 N–H and O–H groups in total. The molecular formula is C8H11N3O4. The second kappa shape index (κ2) is 5.08. The minimum absolute atomic E-state index is 0.249. The summed E-state index contributed by atoms with van der Waals surface area (Å²) in [7, 11) is 0. The predicted octanol–water partition coefficient (Wildman–Crippen LogP) is 1.27. The average molecular weight is 213 g/mol. The van der Waals surface area contributed by atoms with Crippen LogP contribution in [0.1, 0.15) is 30.3 Å². The van der Waals surface area contributed by atoms with Crippen molar-refractivity contribution in [3.8, 4) is 0 Å². The molecular weight excluding hydrogens is 202 g/mol. The number of rotatable bonds is 5. The van der Waals surface area contributed by atoms with Crippen LogP contribution in [0.25, 0.3) is 0 Å². The molecule has 1 heterocycles. The Bertz CT molecular complexity index is 361. The molecule has 1 aromatic heterocycles. The van der Waals surface area contributed by atoms with E-state index in [0.29, 0.717) is 0 Å². The van der Waals surface area contributed by atoms with E-state index < -0.39 is 16.7 Å². The maximum absolute atomic E-state index is 11.3. The van der Waals surface area contributed by atoms with Crippen molar-refractivity contribution >= 4 is 11.8 Å². The highest BCUT2D eigenvalue weighted by Crippen LogP contribution is 2.13. The fourth-order valence-corrected chi connectivity index (χ4v) is 0.954. The first-order chi connectivity index (χ1) is 7.16. The van der Waals surface area contributed by atoms with Gasteiger partial charge in [-0.3, -0.25) is 0 Å². The summed E-state index contributed by atoms with van der Waals surface area (Å²) in [4.78, 5) is 26.8. The van der Waals surface area contributed by atoms with Crippen LogP contribution >= 0.6 is 0 Å². The zero-order chi connectivity index (χ0) is 11.3. The largest absolute Gasteiger partial charge is 0.461 e. The number of unbranched alkanes of at least 4 members (excludes halogenated alkanes) is 1. The summed E-state index contributed by atoms with van der Waals surface area (Å²) in [5, 5.41) is 10.4. The van der Waals surface area contributed by atoms with Gasteiger partial charge in [0.15, 0.2) is 6.33 Å². The van der Waals surface area contributed by atoms with Crippen LogP contribution in [-0.4, -0.2) is 27.5 Å². The molecule has 15 heavy (non-hydrogen) atoms. The fraction of sp³-hybridized carbons (Fsp3) is 0.500. The molecule has 0 spiro atoms. The topological polar surface area (TPSA) is 98.1 Å². The molecule has 0 radical (unpaired) electrons. The standard InChI is InChI=1S/C8H11N3O4/c1-2-3-4-15-8(12)6-7(11(13)14)10-5-9-6/h5H,2-4H2,1H3,(H,9,10). The Morgan fingerprint density at radius 2 is 2.47 bits per heavy atom. The smallest absolute Gasteiger partial charge is 0.365 e. The van der Waals surface area contributed by atoms with Crippen molar-refractivity contribution in [3.63, 3.8) is 0 Å². The lowest BCUT2D eigenvalue weighted by molar-refractivity contribution is -0.389. The van der Waals surface area contributed by atoms with Gasteiger partial charge in [-0.25, -0.2) is 14.8 Å². The molecule has 1 rings (SSSR count). The van der Waals surface area contributed by atoms with Gasteiger partial charge < -0.3 is 14.9 Å². The molecule has 0 aliphatic heterocycles. The third kappa shape index (κ3) is 2.76. The first kappa shape index (κ1) is 11.2. The van der Waals surface area contributed by atoms with Crippen LogP contribution in [0.5, 0.6) is 0 Å². The third-order valence-electron chi connectivity index (χ3n) is 1.73. The Morgan fingerprint density at radius 1 is 1.73 bits per heavy atom. The quantitative estimate of drug-likeness (QED) is 0.343. The van der Waals surface area contributed by atoms with E-state index in [0.717, 1.165) is 19.2 Å². The summed E-state index contributed by atoms with van der Waals surface area (Å²) in [6.07, 6.45) is 2.70. The molecule has 0 atom stereocenters. The zero-order valence-electron chi connectivity index (χ0n) is 8.23. The number of hydrogen-bond donors (Lipinski definition) is 1. The monoisotopic (exact) mass is 213 g/mol. The molecule has 1 aromatic rings. The van der Waals surface area contributed by atoms with Crippen molar-refractivity contribution in [1.29, 1.82) is 0 Å². The number of aromatic nitrogens is 2. The van der Waals surface area contributed by atoms with E-state index in [-0.39, 0.29) is 12.3 Å². The second-order valence-electron chi connectivity index (χ2n) is 2.85. The molecule has 0 bridgehead atoms. The molecule has 0 amide bonds. The summed E-state index contributed by atoms with van der Waals surface area (Å²) in [5.74, 6) is -1.20. The van der Waals surface area contributed by atoms with Gasteiger partial charge in [-0.2, -0.15) is 0 Å². The van der Waals surface area contributed by atoms with Crippen LogP contribution in [0.3, 0.4) is 0 Å². The number of aromatic amines is 1. The number of ether oxygens (including phenoxy) is 1. The van der Waals surface area contributed by atoms with E-state index >= 15 is 0 Å². The van der Waals surface area contributed by atoms with Crippen LogP contribution in [-0.2, 0) is 4.74 Å². The number of imidazole rings is 1. The molecule has 0 saturated heterocycles. The Labute approximate surface area is 85.6 Å². The molecule has 7 heteroatoms. The average Bonchev–Trinajstić information content (AvgIpc) is 2.66. The molecule has 7 nitrogen and oxygen atoms in total. The molecule has 0 fully saturated rings. The molecule has 0 aliphatic carbocycles. The highest BCUT2D eigenvalue weighted by molar-refractivity contribution is 5.90. The zero-order valence-corrected chi connectivity index (χ0v) is 8.23. The van der Waals surface area contributed by atoms with Crippen LogP contribution < -0.4 is 0 Å². The minimum atomic E-state index is -0.767. The van der Waals surface area contributed by atoms with E-state index in [1.807, 2.05) is 6.92 Å². The predicted molar refractivity (Wildman–Crippen MR) is 50.4 cm³/mol. The third-order valence-corrected chi connectivity index (χ3v) is 1.73. The number of H-pyrrole nitrogens is 1. The Morgan fingerprint density at radius 3 is 3.07 bits per heavy atom.